The van der Waals surface area contributed by atoms with Crippen molar-refractivity contribution >= 4 is 23.1 Å². The van der Waals surface area contributed by atoms with Gasteiger partial charge in [-0.2, -0.15) is 13.2 Å². The number of alkyl halides is 3. The van der Waals surface area contributed by atoms with E-state index >= 15 is 0 Å². The quantitative estimate of drug-likeness (QED) is 0.880. The highest BCUT2D eigenvalue weighted by Crippen LogP contribution is 2.30. The van der Waals surface area contributed by atoms with E-state index < -0.39 is 11.9 Å². The molecule has 3 heterocycles. The van der Waals surface area contributed by atoms with Gasteiger partial charge in [-0.3, -0.25) is 4.79 Å². The van der Waals surface area contributed by atoms with Crippen LogP contribution < -0.4 is 10.2 Å². The maximum Gasteiger partial charge on any atom is 0.433 e. The average molecular weight is 385 g/mol. The zero-order valence-electron chi connectivity index (χ0n) is 14.3. The molecule has 1 fully saturated rings. The molecular weight excluding hydrogens is 367 g/mol. The van der Waals surface area contributed by atoms with Gasteiger partial charge >= 0.3 is 6.18 Å². The Bertz CT molecular complexity index is 799. The van der Waals surface area contributed by atoms with E-state index in [0.717, 1.165) is 11.1 Å². The highest BCUT2D eigenvalue weighted by Gasteiger charge is 2.34. The number of nitrogens with one attached hydrogen (secondary N) is 1. The summed E-state index contributed by atoms with van der Waals surface area (Å²) < 4.78 is 38.8. The Kier molecular flexibility index (Phi) is 5.12. The lowest BCUT2D eigenvalue weighted by Gasteiger charge is -2.33. The molecule has 0 aromatic carbocycles. The van der Waals surface area contributed by atoms with Crippen LogP contribution in [0.1, 0.15) is 39.9 Å². The van der Waals surface area contributed by atoms with Gasteiger partial charge in [-0.25, -0.2) is 15.0 Å². The summed E-state index contributed by atoms with van der Waals surface area (Å²) in [4.78, 5) is 25.7. The summed E-state index contributed by atoms with van der Waals surface area (Å²) in [5.41, 5.74) is -0.537. The fourth-order valence-electron chi connectivity index (χ4n) is 2.84. The number of rotatable bonds is 3. The third kappa shape index (κ3) is 4.29. The average Bonchev–Trinajstić information content (AvgIpc) is 3.01. The van der Waals surface area contributed by atoms with Gasteiger partial charge in [-0.1, -0.05) is 0 Å². The number of piperidine rings is 1. The number of amides is 1. The molecule has 1 aliphatic rings. The number of carbonyl (C=O) groups is 1. The molecule has 1 N–H and O–H groups in total. The summed E-state index contributed by atoms with van der Waals surface area (Å²) in [5, 5.41) is 5.47. The number of hydrogen-bond donors (Lipinski definition) is 1. The minimum absolute atomic E-state index is 0.0363. The first-order valence-electron chi connectivity index (χ1n) is 8.13. The van der Waals surface area contributed by atoms with Gasteiger partial charge in [0.1, 0.15) is 23.0 Å². The van der Waals surface area contributed by atoms with Crippen LogP contribution in [-0.2, 0) is 6.18 Å². The van der Waals surface area contributed by atoms with Gasteiger partial charge in [0.15, 0.2) is 0 Å². The van der Waals surface area contributed by atoms with Crippen LogP contribution in [0.2, 0.25) is 0 Å². The van der Waals surface area contributed by atoms with Crippen molar-refractivity contribution in [2.75, 3.05) is 18.0 Å². The second kappa shape index (κ2) is 7.18. The van der Waals surface area contributed by atoms with Crippen molar-refractivity contribution in [1.29, 1.82) is 0 Å². The van der Waals surface area contributed by atoms with E-state index in [1.54, 1.807) is 10.3 Å². The molecule has 1 aliphatic heterocycles. The molecule has 0 spiro atoms. The summed E-state index contributed by atoms with van der Waals surface area (Å²) in [7, 11) is 0. The van der Waals surface area contributed by atoms with Crippen LogP contribution in [0.3, 0.4) is 0 Å². The fourth-order valence-corrected chi connectivity index (χ4v) is 3.43. The van der Waals surface area contributed by atoms with Gasteiger partial charge in [0, 0.05) is 30.6 Å². The summed E-state index contributed by atoms with van der Waals surface area (Å²) in [6.07, 6.45) is -3.25. The molecule has 26 heavy (non-hydrogen) atoms. The lowest BCUT2D eigenvalue weighted by molar-refractivity contribution is -0.141. The van der Waals surface area contributed by atoms with Crippen LogP contribution in [0.25, 0.3) is 0 Å². The van der Waals surface area contributed by atoms with Crippen molar-refractivity contribution in [3.05, 3.63) is 33.7 Å². The molecule has 140 valence electrons. The van der Waals surface area contributed by atoms with Gasteiger partial charge in [0.05, 0.1) is 5.01 Å². The van der Waals surface area contributed by atoms with Crippen LogP contribution in [0.4, 0.5) is 19.0 Å². The maximum atomic E-state index is 12.9. The van der Waals surface area contributed by atoms with Crippen molar-refractivity contribution in [2.24, 2.45) is 0 Å². The molecule has 0 saturated carbocycles. The zero-order valence-corrected chi connectivity index (χ0v) is 15.1. The standard InChI is InChI=1S/C16H18F3N5OS/c1-9-20-13(16(17,18)19)7-14(21-9)24-5-3-11(4-6-24)23-15(25)12-8-26-10(2)22-12/h7-8,11H,3-6H2,1-2H3,(H,23,25). The minimum atomic E-state index is -4.50. The molecule has 0 unspecified atom stereocenters. The first kappa shape index (κ1) is 18.6. The highest BCUT2D eigenvalue weighted by atomic mass is 32.1. The molecule has 2 aromatic heterocycles. The molecule has 0 aliphatic carbocycles. The molecule has 0 radical (unpaired) electrons. The summed E-state index contributed by atoms with van der Waals surface area (Å²) in [6.45, 7) is 4.30. The van der Waals surface area contributed by atoms with Gasteiger partial charge in [0.25, 0.3) is 5.91 Å². The molecule has 1 amide bonds. The van der Waals surface area contributed by atoms with Crippen LogP contribution >= 0.6 is 11.3 Å². The number of anilines is 1. The number of nitrogens with zero attached hydrogens (tertiary/aromatic N) is 4. The minimum Gasteiger partial charge on any atom is -0.356 e. The molecule has 3 rings (SSSR count). The normalized spacial score (nSPS) is 16.0. The second-order valence-electron chi connectivity index (χ2n) is 6.14. The maximum absolute atomic E-state index is 12.9. The molecule has 0 bridgehead atoms. The third-order valence-electron chi connectivity index (χ3n) is 4.12. The SMILES string of the molecule is Cc1nc(N2CCC(NC(=O)c3csc(C)n3)CC2)cc(C(F)(F)F)n1. The monoisotopic (exact) mass is 385 g/mol. The molecule has 10 heteroatoms. The lowest BCUT2D eigenvalue weighted by atomic mass is 10.0. The number of carbonyl (C=O) groups excluding carboxylic acids is 1. The van der Waals surface area contributed by atoms with Crippen molar-refractivity contribution in [2.45, 2.75) is 38.9 Å². The molecule has 0 atom stereocenters. The van der Waals surface area contributed by atoms with E-state index in [4.69, 9.17) is 0 Å². The molecular formula is C16H18F3N5OS. The first-order valence-corrected chi connectivity index (χ1v) is 9.01. The number of hydrogen-bond acceptors (Lipinski definition) is 6. The topological polar surface area (TPSA) is 71.0 Å². The van der Waals surface area contributed by atoms with E-state index in [-0.39, 0.29) is 23.6 Å². The molecule has 1 saturated heterocycles. The Morgan fingerprint density at radius 2 is 1.92 bits per heavy atom. The Morgan fingerprint density at radius 1 is 1.23 bits per heavy atom. The second-order valence-corrected chi connectivity index (χ2v) is 7.21. The van der Waals surface area contributed by atoms with Crippen molar-refractivity contribution < 1.29 is 18.0 Å². The van der Waals surface area contributed by atoms with Gasteiger partial charge < -0.3 is 10.2 Å². The number of halogens is 3. The van der Waals surface area contributed by atoms with E-state index in [9.17, 15) is 18.0 Å². The summed E-state index contributed by atoms with van der Waals surface area (Å²) in [5.74, 6) is 0.138. The van der Waals surface area contributed by atoms with E-state index in [0.29, 0.717) is 31.6 Å². The largest absolute Gasteiger partial charge is 0.433 e. The predicted molar refractivity (Wildman–Crippen MR) is 91.3 cm³/mol. The smallest absolute Gasteiger partial charge is 0.356 e. The highest BCUT2D eigenvalue weighted by molar-refractivity contribution is 7.09. The Labute approximate surface area is 152 Å². The number of aromatic nitrogens is 3. The lowest BCUT2D eigenvalue weighted by Crippen LogP contribution is -2.45. The zero-order chi connectivity index (χ0) is 18.9. The molecule has 2 aromatic rings. The number of aryl methyl sites for hydroxylation is 2. The van der Waals surface area contributed by atoms with Gasteiger partial charge in [-0.15, -0.1) is 11.3 Å². The Balaban J connectivity index is 1.62. The van der Waals surface area contributed by atoms with Crippen LogP contribution in [0, 0.1) is 13.8 Å². The van der Waals surface area contributed by atoms with E-state index in [1.165, 1.54) is 18.3 Å². The first-order chi connectivity index (χ1) is 12.2. The van der Waals surface area contributed by atoms with Crippen molar-refractivity contribution in [3.63, 3.8) is 0 Å². The fraction of sp³-hybridized carbons (Fsp3) is 0.500. The Morgan fingerprint density at radius 3 is 2.50 bits per heavy atom. The summed E-state index contributed by atoms with van der Waals surface area (Å²) in [6, 6.07) is 0.940. The summed E-state index contributed by atoms with van der Waals surface area (Å²) >= 11 is 1.41. The Hall–Kier alpha value is -2.23. The predicted octanol–water partition coefficient (Wildman–Crippen LogP) is 2.97. The van der Waals surface area contributed by atoms with Gasteiger partial charge in [0.2, 0.25) is 0 Å². The van der Waals surface area contributed by atoms with Crippen LogP contribution in [0.5, 0.6) is 0 Å². The van der Waals surface area contributed by atoms with Crippen LogP contribution in [-0.4, -0.2) is 40.0 Å². The van der Waals surface area contributed by atoms with Gasteiger partial charge in [-0.05, 0) is 26.7 Å². The van der Waals surface area contributed by atoms with Crippen LogP contribution in [0.15, 0.2) is 11.4 Å². The van der Waals surface area contributed by atoms with Crippen molar-refractivity contribution in [1.82, 2.24) is 20.3 Å². The molecule has 6 nitrogen and oxygen atoms in total. The number of thiazole rings is 1. The van der Waals surface area contributed by atoms with E-state index in [2.05, 4.69) is 20.3 Å². The van der Waals surface area contributed by atoms with E-state index in [1.807, 2.05) is 6.92 Å². The van der Waals surface area contributed by atoms with Crippen molar-refractivity contribution in [3.8, 4) is 0 Å². The third-order valence-corrected chi connectivity index (χ3v) is 4.89.